The number of ether oxygens (including phenoxy) is 1. The molecule has 2 aromatic rings. The summed E-state index contributed by atoms with van der Waals surface area (Å²) in [7, 11) is 0. The fourth-order valence-corrected chi connectivity index (χ4v) is 1.98. The number of pyridine rings is 1. The van der Waals surface area contributed by atoms with Crippen molar-refractivity contribution in [3.63, 3.8) is 0 Å². The normalized spacial score (nSPS) is 10.6. The van der Waals surface area contributed by atoms with Crippen molar-refractivity contribution < 1.29 is 9.53 Å². The van der Waals surface area contributed by atoms with Gasteiger partial charge in [0, 0.05) is 10.4 Å². The van der Waals surface area contributed by atoms with E-state index in [4.69, 9.17) is 27.9 Å². The van der Waals surface area contributed by atoms with E-state index in [1.54, 1.807) is 25.1 Å². The number of H-pyrrole nitrogens is 1. The second-order valence-corrected chi connectivity index (χ2v) is 4.37. The van der Waals surface area contributed by atoms with Crippen LogP contribution in [0, 0.1) is 0 Å². The molecule has 6 heteroatoms. The highest BCUT2D eigenvalue weighted by Crippen LogP contribution is 2.19. The first-order valence-electron chi connectivity index (χ1n) is 5.22. The number of halogens is 2. The lowest BCUT2D eigenvalue weighted by molar-refractivity contribution is 0.0520. The summed E-state index contributed by atoms with van der Waals surface area (Å²) in [5.41, 5.74) is -0.0385. The van der Waals surface area contributed by atoms with Gasteiger partial charge in [0.1, 0.15) is 10.7 Å². The molecule has 0 atom stereocenters. The minimum absolute atomic E-state index is 0.0571. The predicted octanol–water partition coefficient (Wildman–Crippen LogP) is 3.01. The van der Waals surface area contributed by atoms with Crippen LogP contribution in [0.2, 0.25) is 10.0 Å². The van der Waals surface area contributed by atoms with Crippen LogP contribution < -0.4 is 5.43 Å². The van der Waals surface area contributed by atoms with E-state index in [-0.39, 0.29) is 17.3 Å². The van der Waals surface area contributed by atoms with E-state index in [1.165, 1.54) is 0 Å². The molecule has 0 fully saturated rings. The summed E-state index contributed by atoms with van der Waals surface area (Å²) in [5.74, 6) is -0.665. The van der Waals surface area contributed by atoms with E-state index in [2.05, 4.69) is 4.98 Å². The number of rotatable bonds is 2. The van der Waals surface area contributed by atoms with Gasteiger partial charge in [-0.2, -0.15) is 0 Å². The molecule has 1 heterocycles. The molecule has 0 aliphatic carbocycles. The molecule has 4 nitrogen and oxygen atoms in total. The zero-order valence-corrected chi connectivity index (χ0v) is 10.9. The molecule has 0 bridgehead atoms. The average molecular weight is 286 g/mol. The first kappa shape index (κ1) is 12.9. The van der Waals surface area contributed by atoms with Gasteiger partial charge in [-0.3, -0.25) is 4.79 Å². The van der Waals surface area contributed by atoms with Crippen LogP contribution in [0.5, 0.6) is 0 Å². The third-order valence-electron chi connectivity index (χ3n) is 2.38. The number of hydrogen-bond acceptors (Lipinski definition) is 3. The molecule has 94 valence electrons. The van der Waals surface area contributed by atoms with Crippen molar-refractivity contribution >= 4 is 40.1 Å². The molecule has 0 aliphatic rings. The molecule has 0 saturated heterocycles. The molecule has 0 saturated carbocycles. The molecule has 0 spiro atoms. The van der Waals surface area contributed by atoms with Gasteiger partial charge in [0.15, 0.2) is 0 Å². The number of benzene rings is 1. The van der Waals surface area contributed by atoms with Gasteiger partial charge < -0.3 is 9.72 Å². The number of carbonyl (C=O) groups excluding carboxylic acids is 1. The molecule has 1 aromatic heterocycles. The molecule has 1 N–H and O–H groups in total. The Hall–Kier alpha value is -1.52. The van der Waals surface area contributed by atoms with Gasteiger partial charge in [-0.15, -0.1) is 0 Å². The second kappa shape index (κ2) is 5.00. The smallest absolute Gasteiger partial charge is 0.356 e. The summed E-state index contributed by atoms with van der Waals surface area (Å²) >= 11 is 11.7. The minimum Gasteiger partial charge on any atom is -0.461 e. The molecule has 18 heavy (non-hydrogen) atoms. The average Bonchev–Trinajstić information content (AvgIpc) is 2.33. The maximum absolute atomic E-state index is 12.0. The van der Waals surface area contributed by atoms with Crippen molar-refractivity contribution in [2.45, 2.75) is 6.92 Å². The molecule has 2 rings (SSSR count). The van der Waals surface area contributed by atoms with Crippen molar-refractivity contribution in [3.05, 3.63) is 44.2 Å². The Bertz CT molecular complexity index is 679. The molecule has 0 aliphatic heterocycles. The lowest BCUT2D eigenvalue weighted by Crippen LogP contribution is -2.15. The largest absolute Gasteiger partial charge is 0.461 e. The van der Waals surface area contributed by atoms with Crippen LogP contribution in [0.3, 0.4) is 0 Å². The third-order valence-corrected chi connectivity index (χ3v) is 2.98. The summed E-state index contributed by atoms with van der Waals surface area (Å²) in [6.07, 6.45) is 0. The van der Waals surface area contributed by atoms with Gasteiger partial charge >= 0.3 is 5.97 Å². The first-order chi connectivity index (χ1) is 8.54. The number of aromatic amines is 1. The van der Waals surface area contributed by atoms with Gasteiger partial charge in [0.2, 0.25) is 5.43 Å². The fourth-order valence-electron chi connectivity index (χ4n) is 1.58. The van der Waals surface area contributed by atoms with Crippen molar-refractivity contribution in [2.75, 3.05) is 6.61 Å². The zero-order chi connectivity index (χ0) is 13.3. The Morgan fingerprint density at radius 1 is 1.39 bits per heavy atom. The fraction of sp³-hybridized carbons (Fsp3) is 0.167. The Morgan fingerprint density at radius 3 is 2.78 bits per heavy atom. The minimum atomic E-state index is -0.665. The van der Waals surface area contributed by atoms with E-state index in [9.17, 15) is 9.59 Å². The summed E-state index contributed by atoms with van der Waals surface area (Å²) < 4.78 is 4.82. The number of esters is 1. The highest BCUT2D eigenvalue weighted by Gasteiger charge is 2.17. The van der Waals surface area contributed by atoms with E-state index >= 15 is 0 Å². The number of aromatic nitrogens is 1. The first-order valence-corrected chi connectivity index (χ1v) is 5.98. The van der Waals surface area contributed by atoms with Crippen LogP contribution in [0.15, 0.2) is 23.0 Å². The lowest BCUT2D eigenvalue weighted by atomic mass is 10.2. The predicted molar refractivity (Wildman–Crippen MR) is 70.5 cm³/mol. The highest BCUT2D eigenvalue weighted by atomic mass is 35.5. The van der Waals surface area contributed by atoms with Crippen molar-refractivity contribution in [3.8, 4) is 0 Å². The van der Waals surface area contributed by atoms with E-state index in [0.29, 0.717) is 15.9 Å². The third kappa shape index (κ3) is 2.21. The Balaban J connectivity index is 2.73. The Labute approximate surface area is 112 Å². The Kier molecular flexibility index (Phi) is 3.59. The maximum Gasteiger partial charge on any atom is 0.356 e. The van der Waals surface area contributed by atoms with Gasteiger partial charge in [-0.05, 0) is 25.1 Å². The maximum atomic E-state index is 12.0. The number of fused-ring (bicyclic) bond motifs is 1. The van der Waals surface area contributed by atoms with E-state index < -0.39 is 11.4 Å². The SMILES string of the molecule is CCOC(=O)c1[nH]c2cc(Cl)ccc2c(=O)c1Cl. The van der Waals surface area contributed by atoms with Crippen LogP contribution in [-0.4, -0.2) is 17.6 Å². The molecule has 0 unspecified atom stereocenters. The van der Waals surface area contributed by atoms with E-state index in [0.717, 1.165) is 0 Å². The molecule has 0 amide bonds. The number of carbonyl (C=O) groups is 1. The molecular weight excluding hydrogens is 277 g/mol. The zero-order valence-electron chi connectivity index (χ0n) is 9.42. The lowest BCUT2D eigenvalue weighted by Gasteiger charge is -2.06. The standard InChI is InChI=1S/C12H9Cl2NO3/c1-2-18-12(17)10-9(14)11(16)7-4-3-6(13)5-8(7)15-10/h3-5H,2H2,1H3,(H,15,16). The van der Waals surface area contributed by atoms with Crippen LogP contribution in [-0.2, 0) is 4.74 Å². The van der Waals surface area contributed by atoms with Gasteiger partial charge in [-0.25, -0.2) is 4.79 Å². The van der Waals surface area contributed by atoms with Crippen LogP contribution in [0.4, 0.5) is 0 Å². The van der Waals surface area contributed by atoms with Gasteiger partial charge in [0.25, 0.3) is 0 Å². The monoisotopic (exact) mass is 285 g/mol. The van der Waals surface area contributed by atoms with Gasteiger partial charge in [0.05, 0.1) is 12.1 Å². The second-order valence-electron chi connectivity index (χ2n) is 3.55. The highest BCUT2D eigenvalue weighted by molar-refractivity contribution is 6.34. The molecule has 0 radical (unpaired) electrons. The van der Waals surface area contributed by atoms with Crippen LogP contribution in [0.25, 0.3) is 10.9 Å². The molecular formula is C12H9Cl2NO3. The molecule has 1 aromatic carbocycles. The number of hydrogen-bond donors (Lipinski definition) is 1. The van der Waals surface area contributed by atoms with Crippen LogP contribution in [0.1, 0.15) is 17.4 Å². The van der Waals surface area contributed by atoms with Gasteiger partial charge in [-0.1, -0.05) is 23.2 Å². The Morgan fingerprint density at radius 2 is 2.11 bits per heavy atom. The topological polar surface area (TPSA) is 59.2 Å². The van der Waals surface area contributed by atoms with Crippen molar-refractivity contribution in [1.29, 1.82) is 0 Å². The summed E-state index contributed by atoms with van der Waals surface area (Å²) in [5, 5.41) is 0.649. The summed E-state index contributed by atoms with van der Waals surface area (Å²) in [6.45, 7) is 1.87. The number of nitrogens with one attached hydrogen (secondary N) is 1. The summed E-state index contributed by atoms with van der Waals surface area (Å²) in [4.78, 5) is 26.4. The van der Waals surface area contributed by atoms with Crippen molar-refractivity contribution in [1.82, 2.24) is 4.98 Å². The van der Waals surface area contributed by atoms with E-state index in [1.807, 2.05) is 0 Å². The van der Waals surface area contributed by atoms with Crippen molar-refractivity contribution in [2.24, 2.45) is 0 Å². The summed E-state index contributed by atoms with van der Waals surface area (Å²) in [6, 6.07) is 4.69. The quantitative estimate of drug-likeness (QED) is 0.863. The van der Waals surface area contributed by atoms with Crippen LogP contribution >= 0.6 is 23.2 Å².